The molecule has 6 heteroatoms. The van der Waals surface area contributed by atoms with Gasteiger partial charge in [0, 0.05) is 23.7 Å². The van der Waals surface area contributed by atoms with Crippen molar-refractivity contribution < 1.29 is 9.53 Å². The van der Waals surface area contributed by atoms with E-state index in [1.165, 1.54) is 0 Å². The summed E-state index contributed by atoms with van der Waals surface area (Å²) in [5, 5.41) is 4.12. The number of halogens is 2. The number of amides is 1. The van der Waals surface area contributed by atoms with Gasteiger partial charge >= 0.3 is 0 Å². The zero-order valence-corrected chi connectivity index (χ0v) is 15.0. The summed E-state index contributed by atoms with van der Waals surface area (Å²) in [6.45, 7) is 5.89. The van der Waals surface area contributed by atoms with Crippen LogP contribution in [0.1, 0.15) is 18.4 Å². The van der Waals surface area contributed by atoms with Gasteiger partial charge in [-0.25, -0.2) is 0 Å². The molecule has 0 radical (unpaired) electrons. The third-order valence-corrected chi connectivity index (χ3v) is 5.35. The summed E-state index contributed by atoms with van der Waals surface area (Å²) >= 11 is 6.07. The third-order valence-electron chi connectivity index (χ3n) is 4.94. The van der Waals surface area contributed by atoms with Crippen molar-refractivity contribution in [1.29, 1.82) is 0 Å². The molecule has 0 spiro atoms. The van der Waals surface area contributed by atoms with Gasteiger partial charge in [-0.15, -0.1) is 12.4 Å². The molecule has 0 saturated carbocycles. The second kappa shape index (κ2) is 8.22. The Morgan fingerprint density at radius 3 is 2.61 bits per heavy atom. The number of hydrogen-bond acceptors (Lipinski definition) is 3. The van der Waals surface area contributed by atoms with Crippen LogP contribution < -0.4 is 10.1 Å². The van der Waals surface area contributed by atoms with Crippen LogP contribution in [0.4, 0.5) is 0 Å². The summed E-state index contributed by atoms with van der Waals surface area (Å²) in [6.07, 6.45) is 2.19. The van der Waals surface area contributed by atoms with E-state index < -0.39 is 0 Å². The Morgan fingerprint density at radius 2 is 1.96 bits per heavy atom. The van der Waals surface area contributed by atoms with Crippen LogP contribution >= 0.6 is 24.0 Å². The molecular formula is C17H24Cl2N2O2. The SMILES string of the molecule is Cc1c(Cl)cccc1OCC(=O)N1CC[C@@H]2CNC[C@@H]2CC1.Cl. The smallest absolute Gasteiger partial charge is 0.260 e. The molecule has 1 amide bonds. The molecule has 0 aromatic heterocycles. The Hall–Kier alpha value is -0.970. The van der Waals surface area contributed by atoms with E-state index in [-0.39, 0.29) is 24.9 Å². The van der Waals surface area contributed by atoms with Crippen molar-refractivity contribution in [2.45, 2.75) is 19.8 Å². The van der Waals surface area contributed by atoms with Crippen LogP contribution in [0.25, 0.3) is 0 Å². The topological polar surface area (TPSA) is 41.6 Å². The molecule has 0 aliphatic carbocycles. The number of fused-ring (bicyclic) bond motifs is 1. The summed E-state index contributed by atoms with van der Waals surface area (Å²) < 4.78 is 5.68. The van der Waals surface area contributed by atoms with Gasteiger partial charge in [-0.2, -0.15) is 0 Å². The van der Waals surface area contributed by atoms with Gasteiger partial charge in [0.2, 0.25) is 0 Å². The molecule has 0 bridgehead atoms. The number of hydrogen-bond donors (Lipinski definition) is 1. The number of nitrogens with zero attached hydrogens (tertiary/aromatic N) is 1. The lowest BCUT2D eigenvalue weighted by Gasteiger charge is -2.21. The highest BCUT2D eigenvalue weighted by atomic mass is 35.5. The van der Waals surface area contributed by atoms with Crippen molar-refractivity contribution in [3.63, 3.8) is 0 Å². The van der Waals surface area contributed by atoms with Crippen molar-refractivity contribution >= 4 is 29.9 Å². The van der Waals surface area contributed by atoms with Crippen molar-refractivity contribution in [3.8, 4) is 5.75 Å². The summed E-state index contributed by atoms with van der Waals surface area (Å²) in [4.78, 5) is 14.3. The van der Waals surface area contributed by atoms with E-state index in [0.29, 0.717) is 10.8 Å². The Balaban J connectivity index is 0.00000192. The molecule has 23 heavy (non-hydrogen) atoms. The van der Waals surface area contributed by atoms with Crippen LogP contribution in [-0.4, -0.2) is 43.6 Å². The number of rotatable bonds is 3. The first-order valence-corrected chi connectivity index (χ1v) is 8.39. The summed E-state index contributed by atoms with van der Waals surface area (Å²) in [7, 11) is 0. The predicted octanol–water partition coefficient (Wildman–Crippen LogP) is 2.91. The molecule has 2 aliphatic heterocycles. The lowest BCUT2D eigenvalue weighted by atomic mass is 9.92. The molecule has 2 heterocycles. The molecule has 1 N–H and O–H groups in total. The molecule has 2 fully saturated rings. The Bertz CT molecular complexity index is 539. The molecule has 2 aliphatic rings. The van der Waals surface area contributed by atoms with Crippen molar-refractivity contribution in [3.05, 3.63) is 28.8 Å². The Morgan fingerprint density at radius 1 is 1.30 bits per heavy atom. The van der Waals surface area contributed by atoms with Crippen molar-refractivity contribution in [2.75, 3.05) is 32.8 Å². The van der Waals surface area contributed by atoms with Crippen molar-refractivity contribution in [2.24, 2.45) is 11.8 Å². The lowest BCUT2D eigenvalue weighted by Crippen LogP contribution is -2.36. The molecule has 1 aromatic rings. The average Bonchev–Trinajstić information content (AvgIpc) is 2.87. The number of carbonyl (C=O) groups excluding carboxylic acids is 1. The van der Waals surface area contributed by atoms with E-state index in [9.17, 15) is 4.79 Å². The normalized spacial score (nSPS) is 23.7. The first-order chi connectivity index (χ1) is 10.6. The fourth-order valence-electron chi connectivity index (χ4n) is 3.44. The van der Waals surface area contributed by atoms with Crippen LogP contribution in [-0.2, 0) is 4.79 Å². The van der Waals surface area contributed by atoms with E-state index in [1.807, 2.05) is 30.0 Å². The molecule has 3 rings (SSSR count). The first-order valence-electron chi connectivity index (χ1n) is 8.01. The summed E-state index contributed by atoms with van der Waals surface area (Å²) in [6, 6.07) is 5.52. The van der Waals surface area contributed by atoms with Gasteiger partial charge in [-0.1, -0.05) is 17.7 Å². The van der Waals surface area contributed by atoms with Gasteiger partial charge in [0.15, 0.2) is 6.61 Å². The highest BCUT2D eigenvalue weighted by Gasteiger charge is 2.31. The molecule has 1 aromatic carbocycles. The maximum Gasteiger partial charge on any atom is 0.260 e. The lowest BCUT2D eigenvalue weighted by molar-refractivity contribution is -0.133. The molecule has 4 nitrogen and oxygen atoms in total. The van der Waals surface area contributed by atoms with Crippen LogP contribution in [0.3, 0.4) is 0 Å². The quantitative estimate of drug-likeness (QED) is 0.902. The second-order valence-electron chi connectivity index (χ2n) is 6.29. The summed E-state index contributed by atoms with van der Waals surface area (Å²) in [5.41, 5.74) is 0.883. The van der Waals surface area contributed by atoms with E-state index in [4.69, 9.17) is 16.3 Å². The van der Waals surface area contributed by atoms with Crippen LogP contribution in [0.2, 0.25) is 5.02 Å². The minimum absolute atomic E-state index is 0. The standard InChI is InChI=1S/C17H23ClN2O2.ClH/c1-12-15(18)3-2-4-16(12)22-11-17(21)20-7-5-13-9-19-10-14(13)6-8-20;/h2-4,13-14,19H,5-11H2,1H3;1H/t13-,14+;. The third kappa shape index (κ3) is 4.31. The minimum Gasteiger partial charge on any atom is -0.483 e. The maximum absolute atomic E-state index is 12.4. The largest absolute Gasteiger partial charge is 0.483 e. The number of carbonyl (C=O) groups is 1. The number of benzene rings is 1. The molecule has 2 atom stereocenters. The van der Waals surface area contributed by atoms with Gasteiger partial charge in [-0.3, -0.25) is 4.79 Å². The van der Waals surface area contributed by atoms with Gasteiger partial charge in [0.05, 0.1) is 0 Å². The van der Waals surface area contributed by atoms with E-state index in [2.05, 4.69) is 5.32 Å². The predicted molar refractivity (Wildman–Crippen MR) is 94.6 cm³/mol. The number of nitrogens with one attached hydrogen (secondary N) is 1. The van der Waals surface area contributed by atoms with Crippen molar-refractivity contribution in [1.82, 2.24) is 10.2 Å². The Labute approximate surface area is 148 Å². The second-order valence-corrected chi connectivity index (χ2v) is 6.70. The summed E-state index contributed by atoms with van der Waals surface area (Å²) in [5.74, 6) is 2.23. The number of likely N-dealkylation sites (tertiary alicyclic amines) is 1. The van der Waals surface area contributed by atoms with Gasteiger partial charge < -0.3 is 15.0 Å². The highest BCUT2D eigenvalue weighted by Crippen LogP contribution is 2.28. The van der Waals surface area contributed by atoms with Gasteiger partial charge in [-0.05, 0) is 56.8 Å². The zero-order chi connectivity index (χ0) is 15.5. The Kier molecular flexibility index (Phi) is 6.57. The molecule has 0 unspecified atom stereocenters. The van der Waals surface area contributed by atoms with Gasteiger partial charge in [0.25, 0.3) is 5.91 Å². The molecule has 2 saturated heterocycles. The van der Waals surface area contributed by atoms with Crippen LogP contribution in [0.15, 0.2) is 18.2 Å². The van der Waals surface area contributed by atoms with Crippen LogP contribution in [0, 0.1) is 18.8 Å². The van der Waals surface area contributed by atoms with E-state index in [0.717, 1.165) is 56.4 Å². The van der Waals surface area contributed by atoms with E-state index >= 15 is 0 Å². The minimum atomic E-state index is 0. The monoisotopic (exact) mass is 358 g/mol. The van der Waals surface area contributed by atoms with Gasteiger partial charge in [0.1, 0.15) is 5.75 Å². The maximum atomic E-state index is 12.4. The average molecular weight is 359 g/mol. The molecule has 128 valence electrons. The van der Waals surface area contributed by atoms with Crippen LogP contribution in [0.5, 0.6) is 5.75 Å². The van der Waals surface area contributed by atoms with E-state index in [1.54, 1.807) is 0 Å². The fraction of sp³-hybridized carbons (Fsp3) is 0.588. The fourth-order valence-corrected chi connectivity index (χ4v) is 3.61. The molecular weight excluding hydrogens is 335 g/mol. The zero-order valence-electron chi connectivity index (χ0n) is 13.4. The highest BCUT2D eigenvalue weighted by molar-refractivity contribution is 6.31. The first kappa shape index (κ1) is 18.4. The number of ether oxygens (including phenoxy) is 1.